The van der Waals surface area contributed by atoms with Crippen LogP contribution >= 0.6 is 0 Å². The summed E-state index contributed by atoms with van der Waals surface area (Å²) in [6.07, 6.45) is 4.71. The summed E-state index contributed by atoms with van der Waals surface area (Å²) in [6, 6.07) is 0.400. The summed E-state index contributed by atoms with van der Waals surface area (Å²) in [5.74, 6) is 1.32. The van der Waals surface area contributed by atoms with Crippen LogP contribution in [0.2, 0.25) is 0 Å². The van der Waals surface area contributed by atoms with Crippen LogP contribution in [-0.4, -0.2) is 41.7 Å². The number of carbonyl (C=O) groups is 1. The van der Waals surface area contributed by atoms with Crippen LogP contribution in [0.4, 0.5) is 0 Å². The Morgan fingerprint density at radius 2 is 2.06 bits per heavy atom. The lowest BCUT2D eigenvalue weighted by Crippen LogP contribution is -2.35. The summed E-state index contributed by atoms with van der Waals surface area (Å²) in [6.45, 7) is 5.64. The summed E-state index contributed by atoms with van der Waals surface area (Å²) in [4.78, 5) is 14.0. The Kier molecular flexibility index (Phi) is 6.65. The first-order chi connectivity index (χ1) is 8.60. The number of aliphatic hydroxyl groups is 1. The second kappa shape index (κ2) is 7.74. The van der Waals surface area contributed by atoms with Crippen molar-refractivity contribution in [3.63, 3.8) is 0 Å². The van der Waals surface area contributed by atoms with E-state index in [1.54, 1.807) is 0 Å². The molecule has 18 heavy (non-hydrogen) atoms. The van der Waals surface area contributed by atoms with E-state index in [4.69, 9.17) is 10.8 Å². The molecule has 1 fully saturated rings. The van der Waals surface area contributed by atoms with Crippen LogP contribution in [-0.2, 0) is 4.79 Å². The van der Waals surface area contributed by atoms with E-state index >= 15 is 0 Å². The maximum Gasteiger partial charge on any atom is 0.222 e. The van der Waals surface area contributed by atoms with Gasteiger partial charge >= 0.3 is 0 Å². The van der Waals surface area contributed by atoms with Crippen molar-refractivity contribution in [3.05, 3.63) is 0 Å². The molecule has 1 aliphatic carbocycles. The average Bonchev–Trinajstić information content (AvgIpc) is 3.14. The Bertz CT molecular complexity index is 252. The van der Waals surface area contributed by atoms with Gasteiger partial charge in [-0.3, -0.25) is 4.79 Å². The lowest BCUT2D eigenvalue weighted by Gasteiger charge is -2.24. The SMILES string of the molecule is CC(C)C(CCN)CCC(=O)N(CCO)C1CC1. The van der Waals surface area contributed by atoms with Gasteiger partial charge in [0, 0.05) is 19.0 Å². The Hall–Kier alpha value is -0.610. The molecule has 3 N–H and O–H groups in total. The van der Waals surface area contributed by atoms with Crippen LogP contribution in [0, 0.1) is 11.8 Å². The van der Waals surface area contributed by atoms with E-state index < -0.39 is 0 Å². The first kappa shape index (κ1) is 15.4. The fraction of sp³-hybridized carbons (Fsp3) is 0.929. The lowest BCUT2D eigenvalue weighted by atomic mass is 9.88. The number of rotatable bonds is 9. The van der Waals surface area contributed by atoms with Crippen molar-refractivity contribution in [2.45, 2.75) is 52.0 Å². The Morgan fingerprint density at radius 1 is 1.39 bits per heavy atom. The monoisotopic (exact) mass is 256 g/mol. The highest BCUT2D eigenvalue weighted by atomic mass is 16.3. The molecule has 0 spiro atoms. The van der Waals surface area contributed by atoms with Crippen LogP contribution in [0.3, 0.4) is 0 Å². The van der Waals surface area contributed by atoms with Gasteiger partial charge in [0.15, 0.2) is 0 Å². The minimum Gasteiger partial charge on any atom is -0.395 e. The van der Waals surface area contributed by atoms with Crippen LogP contribution in [0.15, 0.2) is 0 Å². The van der Waals surface area contributed by atoms with E-state index in [0.29, 0.717) is 37.4 Å². The average molecular weight is 256 g/mol. The first-order valence-corrected chi connectivity index (χ1v) is 7.20. The topological polar surface area (TPSA) is 66.6 Å². The van der Waals surface area contributed by atoms with Gasteiger partial charge in [0.05, 0.1) is 6.61 Å². The van der Waals surface area contributed by atoms with Gasteiger partial charge in [0.2, 0.25) is 5.91 Å². The highest BCUT2D eigenvalue weighted by molar-refractivity contribution is 5.76. The van der Waals surface area contributed by atoms with E-state index in [2.05, 4.69) is 13.8 Å². The largest absolute Gasteiger partial charge is 0.395 e. The van der Waals surface area contributed by atoms with Crippen LogP contribution < -0.4 is 5.73 Å². The van der Waals surface area contributed by atoms with Crippen molar-refractivity contribution in [1.82, 2.24) is 4.90 Å². The van der Waals surface area contributed by atoms with Gasteiger partial charge in [0.1, 0.15) is 0 Å². The Balaban J connectivity index is 2.37. The quantitative estimate of drug-likeness (QED) is 0.655. The van der Waals surface area contributed by atoms with Crippen molar-refractivity contribution in [1.29, 1.82) is 0 Å². The van der Waals surface area contributed by atoms with Crippen molar-refractivity contribution in [3.8, 4) is 0 Å². The molecule has 1 saturated carbocycles. The Labute approximate surface area is 111 Å². The summed E-state index contributed by atoms with van der Waals surface area (Å²) in [5, 5.41) is 9.00. The van der Waals surface area contributed by atoms with Crippen molar-refractivity contribution in [2.24, 2.45) is 17.6 Å². The number of hydrogen-bond donors (Lipinski definition) is 2. The third-order valence-electron chi connectivity index (χ3n) is 3.86. The molecule has 4 nitrogen and oxygen atoms in total. The van der Waals surface area contributed by atoms with E-state index in [1.165, 1.54) is 0 Å². The third-order valence-corrected chi connectivity index (χ3v) is 3.86. The van der Waals surface area contributed by atoms with Gasteiger partial charge in [-0.25, -0.2) is 0 Å². The van der Waals surface area contributed by atoms with E-state index in [0.717, 1.165) is 25.7 Å². The molecule has 0 radical (unpaired) electrons. The summed E-state index contributed by atoms with van der Waals surface area (Å²) in [5.41, 5.74) is 5.61. The van der Waals surface area contributed by atoms with Crippen LogP contribution in [0.5, 0.6) is 0 Å². The van der Waals surface area contributed by atoms with Gasteiger partial charge < -0.3 is 15.7 Å². The second-order valence-corrected chi connectivity index (χ2v) is 5.66. The highest BCUT2D eigenvalue weighted by Crippen LogP contribution is 2.28. The van der Waals surface area contributed by atoms with Crippen LogP contribution in [0.1, 0.15) is 46.0 Å². The molecule has 1 amide bonds. The summed E-state index contributed by atoms with van der Waals surface area (Å²) in [7, 11) is 0. The van der Waals surface area contributed by atoms with Crippen molar-refractivity contribution in [2.75, 3.05) is 19.7 Å². The maximum absolute atomic E-state index is 12.1. The molecule has 0 aromatic heterocycles. The summed E-state index contributed by atoms with van der Waals surface area (Å²) >= 11 is 0. The standard InChI is InChI=1S/C14H28N2O2/c1-11(2)12(7-8-15)3-6-14(18)16(9-10-17)13-4-5-13/h11-13,17H,3-10,15H2,1-2H3. The van der Waals surface area contributed by atoms with Gasteiger partial charge in [-0.1, -0.05) is 13.8 Å². The van der Waals surface area contributed by atoms with Crippen molar-refractivity contribution >= 4 is 5.91 Å². The fourth-order valence-electron chi connectivity index (χ4n) is 2.48. The predicted molar refractivity (Wildman–Crippen MR) is 73.1 cm³/mol. The molecule has 1 rings (SSSR count). The highest BCUT2D eigenvalue weighted by Gasteiger charge is 2.32. The molecule has 0 saturated heterocycles. The summed E-state index contributed by atoms with van der Waals surface area (Å²) < 4.78 is 0. The molecule has 1 atom stereocenters. The maximum atomic E-state index is 12.1. The van der Waals surface area contributed by atoms with E-state index in [9.17, 15) is 4.79 Å². The molecule has 0 aromatic rings. The molecule has 1 unspecified atom stereocenters. The predicted octanol–water partition coefficient (Wildman–Crippen LogP) is 1.37. The number of hydrogen-bond acceptors (Lipinski definition) is 3. The van der Waals surface area contributed by atoms with Crippen LogP contribution in [0.25, 0.3) is 0 Å². The molecule has 0 aromatic carbocycles. The lowest BCUT2D eigenvalue weighted by molar-refractivity contribution is -0.132. The zero-order valence-corrected chi connectivity index (χ0v) is 11.8. The molecule has 4 heteroatoms. The minimum absolute atomic E-state index is 0.0681. The number of nitrogens with two attached hydrogens (primary N) is 1. The molecule has 0 bridgehead atoms. The Morgan fingerprint density at radius 3 is 2.50 bits per heavy atom. The number of carbonyl (C=O) groups excluding carboxylic acids is 1. The second-order valence-electron chi connectivity index (χ2n) is 5.66. The fourth-order valence-corrected chi connectivity index (χ4v) is 2.48. The number of amides is 1. The zero-order valence-electron chi connectivity index (χ0n) is 11.8. The van der Waals surface area contributed by atoms with E-state index in [-0.39, 0.29) is 12.5 Å². The normalized spacial score (nSPS) is 16.9. The minimum atomic E-state index is 0.0681. The molecule has 0 aliphatic heterocycles. The van der Waals surface area contributed by atoms with Gasteiger partial charge in [-0.2, -0.15) is 0 Å². The number of aliphatic hydroxyl groups excluding tert-OH is 1. The van der Waals surface area contributed by atoms with Crippen molar-refractivity contribution < 1.29 is 9.90 Å². The molecular weight excluding hydrogens is 228 g/mol. The third kappa shape index (κ3) is 4.94. The first-order valence-electron chi connectivity index (χ1n) is 7.20. The molecule has 0 heterocycles. The van der Waals surface area contributed by atoms with Gasteiger partial charge in [-0.15, -0.1) is 0 Å². The number of nitrogens with zero attached hydrogens (tertiary/aromatic N) is 1. The van der Waals surface area contributed by atoms with E-state index in [1.807, 2.05) is 4.90 Å². The van der Waals surface area contributed by atoms with Gasteiger partial charge in [0.25, 0.3) is 0 Å². The molecule has 1 aliphatic rings. The molecular formula is C14H28N2O2. The smallest absolute Gasteiger partial charge is 0.222 e. The molecule has 106 valence electrons. The van der Waals surface area contributed by atoms with Gasteiger partial charge in [-0.05, 0) is 44.1 Å². The zero-order chi connectivity index (χ0) is 13.5.